The molecule has 0 aromatic heterocycles. The SMILES string of the molecule is O=C(c1ccc(-c2ccccc2)cc1)N1CCC[C@@H]1CO. The molecule has 21 heavy (non-hydrogen) atoms. The number of likely N-dealkylation sites (tertiary alicyclic amines) is 1. The van der Waals surface area contributed by atoms with Crippen molar-refractivity contribution in [1.82, 2.24) is 4.90 Å². The Hall–Kier alpha value is -2.13. The van der Waals surface area contributed by atoms with Crippen LogP contribution in [0.4, 0.5) is 0 Å². The summed E-state index contributed by atoms with van der Waals surface area (Å²) in [6.45, 7) is 0.790. The fourth-order valence-corrected chi connectivity index (χ4v) is 2.89. The molecule has 1 aliphatic heterocycles. The fraction of sp³-hybridized carbons (Fsp3) is 0.278. The third-order valence-electron chi connectivity index (χ3n) is 4.09. The molecule has 1 fully saturated rings. The van der Waals surface area contributed by atoms with E-state index < -0.39 is 0 Å². The molecule has 1 amide bonds. The first-order chi connectivity index (χ1) is 10.3. The zero-order chi connectivity index (χ0) is 14.7. The normalized spacial score (nSPS) is 18.0. The lowest BCUT2D eigenvalue weighted by atomic mass is 10.0. The second kappa shape index (κ2) is 6.10. The first kappa shape index (κ1) is 13.8. The van der Waals surface area contributed by atoms with E-state index in [0.717, 1.165) is 30.5 Å². The number of hydrogen-bond donors (Lipinski definition) is 1. The van der Waals surface area contributed by atoms with Crippen molar-refractivity contribution in [3.8, 4) is 11.1 Å². The summed E-state index contributed by atoms with van der Waals surface area (Å²) in [5.74, 6) is 0.0196. The van der Waals surface area contributed by atoms with E-state index in [4.69, 9.17) is 0 Å². The average Bonchev–Trinajstić information content (AvgIpc) is 3.04. The van der Waals surface area contributed by atoms with Crippen LogP contribution in [-0.4, -0.2) is 35.1 Å². The first-order valence-electron chi connectivity index (χ1n) is 7.37. The molecule has 1 heterocycles. The second-order valence-corrected chi connectivity index (χ2v) is 5.42. The third kappa shape index (κ3) is 2.83. The maximum absolute atomic E-state index is 12.5. The summed E-state index contributed by atoms with van der Waals surface area (Å²) in [6, 6.07) is 17.8. The summed E-state index contributed by atoms with van der Waals surface area (Å²) in [7, 11) is 0. The molecule has 1 aliphatic rings. The molecule has 3 rings (SSSR count). The molecule has 3 heteroatoms. The maximum Gasteiger partial charge on any atom is 0.254 e. The highest BCUT2D eigenvalue weighted by molar-refractivity contribution is 5.95. The highest BCUT2D eigenvalue weighted by Crippen LogP contribution is 2.22. The van der Waals surface area contributed by atoms with E-state index in [0.29, 0.717) is 5.56 Å². The van der Waals surface area contributed by atoms with E-state index in [1.54, 1.807) is 4.90 Å². The molecule has 2 aromatic carbocycles. The molecule has 1 N–H and O–H groups in total. The van der Waals surface area contributed by atoms with Crippen molar-refractivity contribution in [2.75, 3.05) is 13.2 Å². The van der Waals surface area contributed by atoms with E-state index in [-0.39, 0.29) is 18.6 Å². The number of carbonyl (C=O) groups is 1. The van der Waals surface area contributed by atoms with Gasteiger partial charge < -0.3 is 10.0 Å². The molecular weight excluding hydrogens is 262 g/mol. The van der Waals surface area contributed by atoms with Crippen LogP contribution in [0.5, 0.6) is 0 Å². The van der Waals surface area contributed by atoms with Crippen molar-refractivity contribution in [2.24, 2.45) is 0 Å². The predicted molar refractivity (Wildman–Crippen MR) is 83.0 cm³/mol. The lowest BCUT2D eigenvalue weighted by Crippen LogP contribution is -2.37. The highest BCUT2D eigenvalue weighted by Gasteiger charge is 2.28. The van der Waals surface area contributed by atoms with Gasteiger partial charge in [0.05, 0.1) is 12.6 Å². The molecule has 2 aromatic rings. The van der Waals surface area contributed by atoms with Crippen molar-refractivity contribution in [2.45, 2.75) is 18.9 Å². The smallest absolute Gasteiger partial charge is 0.254 e. The summed E-state index contributed by atoms with van der Waals surface area (Å²) in [4.78, 5) is 14.3. The Morgan fingerprint density at radius 1 is 1.05 bits per heavy atom. The highest BCUT2D eigenvalue weighted by atomic mass is 16.3. The number of amides is 1. The van der Waals surface area contributed by atoms with Crippen LogP contribution in [0.15, 0.2) is 54.6 Å². The average molecular weight is 281 g/mol. The Balaban J connectivity index is 1.79. The minimum Gasteiger partial charge on any atom is -0.394 e. The van der Waals surface area contributed by atoms with Crippen LogP contribution in [0, 0.1) is 0 Å². The van der Waals surface area contributed by atoms with E-state index >= 15 is 0 Å². The molecular formula is C18H19NO2. The Morgan fingerprint density at radius 3 is 2.38 bits per heavy atom. The van der Waals surface area contributed by atoms with Crippen molar-refractivity contribution in [1.29, 1.82) is 0 Å². The van der Waals surface area contributed by atoms with Gasteiger partial charge in [0.1, 0.15) is 0 Å². The molecule has 108 valence electrons. The summed E-state index contributed by atoms with van der Waals surface area (Å²) in [6.07, 6.45) is 1.86. The van der Waals surface area contributed by atoms with Crippen molar-refractivity contribution >= 4 is 5.91 Å². The van der Waals surface area contributed by atoms with Crippen molar-refractivity contribution < 1.29 is 9.90 Å². The number of carbonyl (C=O) groups excluding carboxylic acids is 1. The minimum atomic E-state index is -0.0219. The van der Waals surface area contributed by atoms with Crippen LogP contribution in [0.1, 0.15) is 23.2 Å². The summed E-state index contributed by atoms with van der Waals surface area (Å²) in [5.41, 5.74) is 2.94. The van der Waals surface area contributed by atoms with Gasteiger partial charge in [-0.2, -0.15) is 0 Å². The van der Waals surface area contributed by atoms with Gasteiger partial charge in [0.2, 0.25) is 0 Å². The van der Waals surface area contributed by atoms with E-state index in [2.05, 4.69) is 12.1 Å². The van der Waals surface area contributed by atoms with E-state index in [1.807, 2.05) is 42.5 Å². The molecule has 0 unspecified atom stereocenters. The minimum absolute atomic E-state index is 0.0196. The van der Waals surface area contributed by atoms with Crippen LogP contribution in [0.3, 0.4) is 0 Å². The van der Waals surface area contributed by atoms with Crippen LogP contribution < -0.4 is 0 Å². The van der Waals surface area contributed by atoms with Crippen LogP contribution >= 0.6 is 0 Å². The Bertz CT molecular complexity index is 607. The van der Waals surface area contributed by atoms with Crippen LogP contribution in [0.25, 0.3) is 11.1 Å². The number of rotatable bonds is 3. The Kier molecular flexibility index (Phi) is 4.02. The maximum atomic E-state index is 12.5. The molecule has 1 atom stereocenters. The van der Waals surface area contributed by atoms with Crippen LogP contribution in [-0.2, 0) is 0 Å². The Morgan fingerprint density at radius 2 is 1.71 bits per heavy atom. The fourth-order valence-electron chi connectivity index (χ4n) is 2.89. The lowest BCUT2D eigenvalue weighted by molar-refractivity contribution is 0.0677. The zero-order valence-electron chi connectivity index (χ0n) is 11.9. The van der Waals surface area contributed by atoms with Crippen LogP contribution in [0.2, 0.25) is 0 Å². The van der Waals surface area contributed by atoms with Gasteiger partial charge in [0.25, 0.3) is 5.91 Å². The summed E-state index contributed by atoms with van der Waals surface area (Å²) >= 11 is 0. The molecule has 0 bridgehead atoms. The summed E-state index contributed by atoms with van der Waals surface area (Å²) in [5, 5.41) is 9.33. The van der Waals surface area contributed by atoms with Gasteiger partial charge in [-0.15, -0.1) is 0 Å². The topological polar surface area (TPSA) is 40.5 Å². The molecule has 0 saturated carbocycles. The van der Waals surface area contributed by atoms with E-state index in [1.165, 1.54) is 0 Å². The van der Waals surface area contributed by atoms with Gasteiger partial charge >= 0.3 is 0 Å². The molecule has 0 spiro atoms. The van der Waals surface area contributed by atoms with Crippen molar-refractivity contribution in [3.05, 3.63) is 60.2 Å². The van der Waals surface area contributed by atoms with Gasteiger partial charge in [0.15, 0.2) is 0 Å². The van der Waals surface area contributed by atoms with Gasteiger partial charge in [-0.1, -0.05) is 42.5 Å². The number of hydrogen-bond acceptors (Lipinski definition) is 2. The van der Waals surface area contributed by atoms with Gasteiger partial charge in [-0.25, -0.2) is 0 Å². The monoisotopic (exact) mass is 281 g/mol. The third-order valence-corrected chi connectivity index (χ3v) is 4.09. The second-order valence-electron chi connectivity index (χ2n) is 5.42. The van der Waals surface area contributed by atoms with Gasteiger partial charge in [-0.3, -0.25) is 4.79 Å². The molecule has 0 aliphatic carbocycles. The van der Waals surface area contributed by atoms with Gasteiger partial charge in [0, 0.05) is 12.1 Å². The number of aliphatic hydroxyl groups is 1. The lowest BCUT2D eigenvalue weighted by Gasteiger charge is -2.23. The number of benzene rings is 2. The quantitative estimate of drug-likeness (QED) is 0.939. The number of nitrogens with zero attached hydrogens (tertiary/aromatic N) is 1. The van der Waals surface area contributed by atoms with Gasteiger partial charge in [-0.05, 0) is 36.1 Å². The first-order valence-corrected chi connectivity index (χ1v) is 7.37. The molecule has 0 radical (unpaired) electrons. The van der Waals surface area contributed by atoms with Crippen molar-refractivity contribution in [3.63, 3.8) is 0 Å². The largest absolute Gasteiger partial charge is 0.394 e. The zero-order valence-corrected chi connectivity index (χ0v) is 11.9. The standard InChI is InChI=1S/C18H19NO2/c20-13-17-7-4-12-19(17)18(21)16-10-8-15(9-11-16)14-5-2-1-3-6-14/h1-3,5-6,8-11,17,20H,4,7,12-13H2/t17-/m1/s1. The molecule has 1 saturated heterocycles. The molecule has 3 nitrogen and oxygen atoms in total. The summed E-state index contributed by atoms with van der Waals surface area (Å²) < 4.78 is 0. The Labute approximate surface area is 124 Å². The predicted octanol–water partition coefficient (Wildman–Crippen LogP) is 2.95. The van der Waals surface area contributed by atoms with E-state index in [9.17, 15) is 9.90 Å². The number of aliphatic hydroxyl groups excluding tert-OH is 1.